The van der Waals surface area contributed by atoms with Crippen molar-refractivity contribution in [2.24, 2.45) is 0 Å². The van der Waals surface area contributed by atoms with Gasteiger partial charge in [0.25, 0.3) is 0 Å². The summed E-state index contributed by atoms with van der Waals surface area (Å²) in [5.41, 5.74) is 6.40. The number of hydrogen-bond acceptors (Lipinski definition) is 4. The van der Waals surface area contributed by atoms with Crippen LogP contribution in [0.15, 0.2) is 73.3 Å². The van der Waals surface area contributed by atoms with Crippen LogP contribution >= 0.6 is 23.2 Å². The minimum atomic E-state index is 0.520. The Hall–Kier alpha value is -3.68. The van der Waals surface area contributed by atoms with Crippen LogP contribution in [-0.2, 0) is 6.54 Å². The summed E-state index contributed by atoms with van der Waals surface area (Å²) in [4.78, 5) is 4.62. The maximum absolute atomic E-state index is 6.37. The number of aromatic amines is 1. The summed E-state index contributed by atoms with van der Waals surface area (Å²) in [5, 5.41) is 18.4. The number of pyridine rings is 1. The quantitative estimate of drug-likeness (QED) is 0.376. The summed E-state index contributed by atoms with van der Waals surface area (Å²) in [5.74, 6) is 0. The van der Waals surface area contributed by atoms with E-state index in [1.165, 1.54) is 0 Å². The summed E-state index contributed by atoms with van der Waals surface area (Å²) >= 11 is 12.4. The van der Waals surface area contributed by atoms with Gasteiger partial charge in [-0.2, -0.15) is 15.3 Å². The second-order valence-corrected chi connectivity index (χ2v) is 8.28. The highest BCUT2D eigenvalue weighted by Gasteiger charge is 2.13. The van der Waals surface area contributed by atoms with E-state index in [9.17, 15) is 0 Å². The van der Waals surface area contributed by atoms with Gasteiger partial charge in [0.2, 0.25) is 0 Å². The van der Waals surface area contributed by atoms with Gasteiger partial charge in [-0.15, -0.1) is 0 Å². The average Bonchev–Trinajstić information content (AvgIpc) is 3.54. The first-order valence-corrected chi connectivity index (χ1v) is 10.6. The highest BCUT2D eigenvalue weighted by atomic mass is 35.5. The molecule has 0 aliphatic rings. The van der Waals surface area contributed by atoms with Crippen LogP contribution in [0.25, 0.3) is 38.9 Å². The Morgan fingerprint density at radius 3 is 2.75 bits per heavy atom. The zero-order valence-electron chi connectivity index (χ0n) is 16.6. The summed E-state index contributed by atoms with van der Waals surface area (Å²) in [6.07, 6.45) is 7.17. The van der Waals surface area contributed by atoms with Crippen molar-refractivity contribution in [2.75, 3.05) is 0 Å². The molecule has 32 heavy (non-hydrogen) atoms. The molecule has 4 heterocycles. The van der Waals surface area contributed by atoms with Gasteiger partial charge in [-0.05, 0) is 48.0 Å². The van der Waals surface area contributed by atoms with Crippen LogP contribution in [0.4, 0.5) is 0 Å². The number of H-pyrrole nitrogens is 1. The normalized spacial score (nSPS) is 11.6. The molecule has 0 unspecified atom stereocenters. The highest BCUT2D eigenvalue weighted by molar-refractivity contribution is 6.35. The molecule has 4 aromatic heterocycles. The Kier molecular flexibility index (Phi) is 4.45. The molecule has 0 atom stereocenters. The topological polar surface area (TPSA) is 77.2 Å². The largest absolute Gasteiger partial charge is 0.278 e. The minimum Gasteiger partial charge on any atom is -0.278 e. The van der Waals surface area contributed by atoms with E-state index in [2.05, 4.69) is 31.4 Å². The van der Waals surface area contributed by atoms with Crippen LogP contribution in [-0.4, -0.2) is 34.7 Å². The smallest absolute Gasteiger partial charge is 0.109 e. The number of rotatable bonds is 4. The maximum atomic E-state index is 6.37. The third-order valence-electron chi connectivity index (χ3n) is 5.44. The van der Waals surface area contributed by atoms with Crippen molar-refractivity contribution in [3.05, 3.63) is 88.9 Å². The lowest BCUT2D eigenvalue weighted by Gasteiger charge is -2.10. The molecule has 7 nitrogen and oxygen atoms in total. The predicted molar refractivity (Wildman–Crippen MR) is 125 cm³/mol. The monoisotopic (exact) mass is 459 g/mol. The first-order valence-electron chi connectivity index (χ1n) is 9.89. The Balaban J connectivity index is 1.42. The fraction of sp³-hybridized carbons (Fsp3) is 0.0435. The number of hydrogen-bond donors (Lipinski definition) is 1. The minimum absolute atomic E-state index is 0.520. The number of halogens is 2. The Bertz CT molecular complexity index is 1590. The molecular weight excluding hydrogens is 445 g/mol. The van der Waals surface area contributed by atoms with Gasteiger partial charge in [-0.25, -0.2) is 4.68 Å². The van der Waals surface area contributed by atoms with E-state index in [0.717, 1.165) is 44.4 Å². The molecule has 156 valence electrons. The van der Waals surface area contributed by atoms with Crippen LogP contribution in [0.2, 0.25) is 10.0 Å². The molecule has 0 bridgehead atoms. The average molecular weight is 460 g/mol. The Morgan fingerprint density at radius 1 is 0.906 bits per heavy atom. The van der Waals surface area contributed by atoms with E-state index in [1.807, 2.05) is 52.0 Å². The molecule has 0 radical (unpaired) electrons. The number of nitrogens with one attached hydrogen (secondary N) is 1. The van der Waals surface area contributed by atoms with Crippen molar-refractivity contribution < 1.29 is 0 Å². The molecule has 1 N–H and O–H groups in total. The molecule has 6 rings (SSSR count). The molecule has 0 aliphatic heterocycles. The van der Waals surface area contributed by atoms with Gasteiger partial charge in [0.15, 0.2) is 0 Å². The molecular formula is C23H15Cl2N7. The number of aromatic nitrogens is 7. The van der Waals surface area contributed by atoms with E-state index in [0.29, 0.717) is 16.6 Å². The van der Waals surface area contributed by atoms with Crippen molar-refractivity contribution >= 4 is 45.1 Å². The first kappa shape index (κ1) is 19.0. The second-order valence-electron chi connectivity index (χ2n) is 7.44. The molecule has 0 fully saturated rings. The molecule has 0 saturated heterocycles. The molecule has 6 aromatic rings. The summed E-state index contributed by atoms with van der Waals surface area (Å²) < 4.78 is 3.78. The number of nitrogens with zero attached hydrogens (tertiary/aromatic N) is 6. The van der Waals surface area contributed by atoms with E-state index >= 15 is 0 Å². The van der Waals surface area contributed by atoms with Crippen molar-refractivity contribution in [3.63, 3.8) is 0 Å². The van der Waals surface area contributed by atoms with Gasteiger partial charge in [-0.1, -0.05) is 29.3 Å². The van der Waals surface area contributed by atoms with Crippen molar-refractivity contribution in [2.45, 2.75) is 6.54 Å². The Labute approximate surface area is 192 Å². The van der Waals surface area contributed by atoms with Crippen LogP contribution in [0.5, 0.6) is 0 Å². The van der Waals surface area contributed by atoms with E-state index in [-0.39, 0.29) is 0 Å². The third kappa shape index (κ3) is 3.23. The van der Waals surface area contributed by atoms with Crippen LogP contribution in [0, 0.1) is 0 Å². The molecule has 0 amide bonds. The van der Waals surface area contributed by atoms with Gasteiger partial charge in [0, 0.05) is 33.4 Å². The zero-order chi connectivity index (χ0) is 21.7. The molecule has 0 saturated carbocycles. The van der Waals surface area contributed by atoms with E-state index in [1.54, 1.807) is 24.7 Å². The van der Waals surface area contributed by atoms with Crippen molar-refractivity contribution in [1.29, 1.82) is 0 Å². The maximum Gasteiger partial charge on any atom is 0.109 e. The lowest BCUT2D eigenvalue weighted by Crippen LogP contribution is -2.04. The SMILES string of the molecule is Clc1ccc(Cn2nccc2-c2cnc3cnn(-c4ccc5cn[nH]c5c4)c3c2)c(Cl)c1. The lowest BCUT2D eigenvalue weighted by molar-refractivity contribution is 0.694. The lowest BCUT2D eigenvalue weighted by atomic mass is 10.1. The molecule has 0 aliphatic carbocycles. The van der Waals surface area contributed by atoms with Gasteiger partial charge >= 0.3 is 0 Å². The van der Waals surface area contributed by atoms with Gasteiger partial charge < -0.3 is 0 Å². The zero-order valence-corrected chi connectivity index (χ0v) is 18.1. The molecule has 0 spiro atoms. The summed E-state index contributed by atoms with van der Waals surface area (Å²) in [6, 6.07) is 15.6. The molecule has 9 heteroatoms. The van der Waals surface area contributed by atoms with Crippen molar-refractivity contribution in [1.82, 2.24) is 34.7 Å². The van der Waals surface area contributed by atoms with Crippen molar-refractivity contribution in [3.8, 4) is 16.9 Å². The fourth-order valence-corrected chi connectivity index (χ4v) is 4.29. The molecule has 2 aromatic carbocycles. The van der Waals surface area contributed by atoms with E-state index in [4.69, 9.17) is 23.2 Å². The second kappa shape index (κ2) is 7.47. The van der Waals surface area contributed by atoms with Crippen LogP contribution in [0.3, 0.4) is 0 Å². The number of benzene rings is 2. The van der Waals surface area contributed by atoms with Crippen LogP contribution in [0.1, 0.15) is 5.56 Å². The van der Waals surface area contributed by atoms with E-state index < -0.39 is 0 Å². The van der Waals surface area contributed by atoms with Gasteiger partial charge in [0.05, 0.1) is 41.4 Å². The highest BCUT2D eigenvalue weighted by Crippen LogP contribution is 2.27. The predicted octanol–water partition coefficient (Wildman–Crippen LogP) is 5.52. The summed E-state index contributed by atoms with van der Waals surface area (Å²) in [6.45, 7) is 0.520. The third-order valence-corrected chi connectivity index (χ3v) is 6.03. The standard InChI is InChI=1S/C23H15Cl2N7/c24-17-3-1-15(19(25)8-17)13-31-22(5-6-28-31)16-7-23-21(26-10-16)12-29-32(23)18-4-2-14-11-27-30-20(14)9-18/h1-12H,13H2,(H,27,30). The Morgan fingerprint density at radius 2 is 1.84 bits per heavy atom. The van der Waals surface area contributed by atoms with Gasteiger partial charge in [-0.3, -0.25) is 14.8 Å². The number of fused-ring (bicyclic) bond motifs is 2. The first-order chi connectivity index (χ1) is 15.7. The summed E-state index contributed by atoms with van der Waals surface area (Å²) in [7, 11) is 0. The van der Waals surface area contributed by atoms with Gasteiger partial charge in [0.1, 0.15) is 5.52 Å². The fourth-order valence-electron chi connectivity index (χ4n) is 3.83. The van der Waals surface area contributed by atoms with Crippen LogP contribution < -0.4 is 0 Å².